The summed E-state index contributed by atoms with van der Waals surface area (Å²) in [6, 6.07) is 12.1. The second-order valence-electron chi connectivity index (χ2n) is 15.0. The van der Waals surface area contributed by atoms with Crippen LogP contribution in [-0.4, -0.2) is 84.5 Å². The topological polar surface area (TPSA) is 71.1 Å². The number of nitrogens with zero attached hydrogens (tertiary/aromatic N) is 3. The van der Waals surface area contributed by atoms with Crippen molar-refractivity contribution in [3.8, 4) is 5.75 Å². The highest BCUT2D eigenvalue weighted by Crippen LogP contribution is 2.44. The molecule has 0 aromatic heterocycles. The van der Waals surface area contributed by atoms with Gasteiger partial charge in [-0.15, -0.1) is 0 Å². The van der Waals surface area contributed by atoms with Gasteiger partial charge in [0.1, 0.15) is 11.0 Å². The molecule has 2 aliphatic heterocycles. The van der Waals surface area contributed by atoms with E-state index in [1.165, 1.54) is 50.0 Å². The van der Waals surface area contributed by atoms with Crippen molar-refractivity contribution in [2.24, 2.45) is 17.8 Å². The zero-order valence-corrected chi connectivity index (χ0v) is 32.7. The third-order valence-electron chi connectivity index (χ3n) is 11.0. The predicted molar refractivity (Wildman–Crippen MR) is 210 cm³/mol. The molecule has 0 bridgehead atoms. The molecule has 9 heteroatoms. The number of hydrogen-bond donors (Lipinski definition) is 1. The van der Waals surface area contributed by atoms with Crippen molar-refractivity contribution in [3.63, 3.8) is 0 Å². The highest BCUT2D eigenvalue weighted by atomic mass is 35.5. The van der Waals surface area contributed by atoms with E-state index in [9.17, 15) is 9.35 Å². The van der Waals surface area contributed by atoms with Gasteiger partial charge < -0.3 is 24.0 Å². The molecule has 2 aromatic carbocycles. The van der Waals surface area contributed by atoms with Crippen LogP contribution in [0.1, 0.15) is 101 Å². The highest BCUT2D eigenvalue weighted by molar-refractivity contribution is 7.90. The van der Waals surface area contributed by atoms with Gasteiger partial charge in [0.25, 0.3) is 5.91 Å². The number of anilines is 1. The van der Waals surface area contributed by atoms with Crippen LogP contribution in [0.3, 0.4) is 0 Å². The first kappa shape index (κ1) is 39.0. The van der Waals surface area contributed by atoms with Gasteiger partial charge in [0, 0.05) is 62.3 Å². The molecule has 1 aliphatic carbocycles. The third-order valence-corrected chi connectivity index (χ3v) is 12.5. The Kier molecular flexibility index (Phi) is 14.8. The fourth-order valence-corrected chi connectivity index (χ4v) is 8.68. The van der Waals surface area contributed by atoms with Crippen LogP contribution in [-0.2, 0) is 17.8 Å². The second-order valence-corrected chi connectivity index (χ2v) is 17.1. The lowest BCUT2D eigenvalue weighted by Crippen LogP contribution is -2.50. The third kappa shape index (κ3) is 10.2. The fourth-order valence-electron chi connectivity index (χ4n) is 7.95. The van der Waals surface area contributed by atoms with E-state index in [1.807, 2.05) is 32.0 Å². The summed E-state index contributed by atoms with van der Waals surface area (Å²) in [6.07, 6.45) is 12.9. The van der Waals surface area contributed by atoms with Crippen LogP contribution >= 0.6 is 11.6 Å². The Morgan fingerprint density at radius 2 is 1.84 bits per heavy atom. The molecular formula is C41H61ClN4O3S. The first-order chi connectivity index (χ1) is 24.2. The van der Waals surface area contributed by atoms with Gasteiger partial charge in [-0.3, -0.25) is 4.79 Å². The molecule has 276 valence electrons. The van der Waals surface area contributed by atoms with Crippen LogP contribution in [0.4, 0.5) is 5.69 Å². The molecule has 2 fully saturated rings. The molecule has 0 spiro atoms. The summed E-state index contributed by atoms with van der Waals surface area (Å²) in [5.74, 6) is 2.35. The SMILES string of the molecule is CC/C=C/C(CN1CCN(CCC)CC1)C1CCC1CN1CC(c2ccc(Cl)cc2CCCC)COc2ccc(C(=O)N[S+]([O-])C(C)C)cc21. The minimum Gasteiger partial charge on any atom is -0.593 e. The lowest BCUT2D eigenvalue weighted by atomic mass is 9.66. The molecule has 1 saturated carbocycles. The summed E-state index contributed by atoms with van der Waals surface area (Å²) >= 11 is 5.08. The normalized spacial score (nSPS) is 22.9. The number of carbonyl (C=O) groups excluding carboxylic acids is 1. The number of ether oxygens (including phenoxy) is 1. The minimum absolute atomic E-state index is 0.158. The number of halogens is 1. The van der Waals surface area contributed by atoms with Crippen LogP contribution < -0.4 is 14.4 Å². The summed E-state index contributed by atoms with van der Waals surface area (Å²) in [5.41, 5.74) is 4.08. The quantitative estimate of drug-likeness (QED) is 0.139. The maximum atomic E-state index is 13.3. The average Bonchev–Trinajstić information content (AvgIpc) is 3.28. The number of benzene rings is 2. The Morgan fingerprint density at radius 3 is 2.52 bits per heavy atom. The number of hydrogen-bond acceptors (Lipinski definition) is 6. The van der Waals surface area contributed by atoms with Crippen LogP contribution in [0.15, 0.2) is 48.6 Å². The van der Waals surface area contributed by atoms with E-state index >= 15 is 0 Å². The number of piperazine rings is 1. The maximum Gasteiger partial charge on any atom is 0.292 e. The van der Waals surface area contributed by atoms with Gasteiger partial charge in [-0.2, -0.15) is 4.72 Å². The van der Waals surface area contributed by atoms with Gasteiger partial charge in [0.05, 0.1) is 23.7 Å². The molecule has 50 heavy (non-hydrogen) atoms. The van der Waals surface area contributed by atoms with Gasteiger partial charge in [0.15, 0.2) is 0 Å². The molecule has 7 nitrogen and oxygen atoms in total. The zero-order chi connectivity index (χ0) is 35.6. The molecule has 0 radical (unpaired) electrons. The summed E-state index contributed by atoms with van der Waals surface area (Å²) in [6.45, 7) is 19.7. The van der Waals surface area contributed by atoms with Crippen molar-refractivity contribution in [1.82, 2.24) is 14.5 Å². The van der Waals surface area contributed by atoms with Gasteiger partial charge in [-0.25, -0.2) is 0 Å². The molecule has 5 rings (SSSR count). The number of aryl methyl sites for hydroxylation is 1. The molecule has 3 aliphatic rings. The lowest BCUT2D eigenvalue weighted by molar-refractivity contribution is 0.0742. The van der Waals surface area contributed by atoms with E-state index < -0.39 is 11.4 Å². The van der Waals surface area contributed by atoms with Gasteiger partial charge in [0.2, 0.25) is 0 Å². The molecule has 5 unspecified atom stereocenters. The zero-order valence-electron chi connectivity index (χ0n) is 31.2. The standard InChI is InChI=1S/C41H61ClN4O3S/c1-6-9-11-31-24-36(42)15-17-37(31)35-28-46(39-25-32(14-18-40(39)49-29-35)41(47)43-50(48)30(4)5)27-34-13-16-38(34)33(12-10-7-2)26-45-22-20-44(19-8-3)21-23-45/h10,12,14-15,17-18,24-25,30,33-35,38H,6-9,11,13,16,19-23,26-29H2,1-5H3,(H,43,47)/b12-10+. The Balaban J connectivity index is 1.41. The predicted octanol–water partition coefficient (Wildman–Crippen LogP) is 8.10. The highest BCUT2D eigenvalue weighted by Gasteiger charge is 2.39. The molecule has 1 amide bonds. The van der Waals surface area contributed by atoms with E-state index in [0.29, 0.717) is 29.9 Å². The van der Waals surface area contributed by atoms with E-state index in [0.717, 1.165) is 74.9 Å². The van der Waals surface area contributed by atoms with Crippen molar-refractivity contribution in [1.29, 1.82) is 0 Å². The monoisotopic (exact) mass is 724 g/mol. The smallest absolute Gasteiger partial charge is 0.292 e. The summed E-state index contributed by atoms with van der Waals surface area (Å²) in [4.78, 5) is 21.1. The summed E-state index contributed by atoms with van der Waals surface area (Å²) < 4.78 is 21.8. The first-order valence-electron chi connectivity index (χ1n) is 19.3. The molecule has 1 N–H and O–H groups in total. The van der Waals surface area contributed by atoms with Crippen molar-refractivity contribution >= 4 is 34.6 Å². The molecular weight excluding hydrogens is 664 g/mol. The van der Waals surface area contributed by atoms with Crippen molar-refractivity contribution < 1.29 is 14.1 Å². The number of unbranched alkanes of at least 4 members (excludes halogenated alkanes) is 1. The van der Waals surface area contributed by atoms with Gasteiger partial charge in [-0.1, -0.05) is 57.0 Å². The molecule has 1 saturated heterocycles. The van der Waals surface area contributed by atoms with Crippen LogP contribution in [0.25, 0.3) is 0 Å². The Hall–Kier alpha value is -2.23. The number of nitrogens with one attached hydrogen (secondary N) is 1. The van der Waals surface area contributed by atoms with Crippen molar-refractivity contribution in [3.05, 3.63) is 70.3 Å². The van der Waals surface area contributed by atoms with E-state index in [1.54, 1.807) is 6.07 Å². The largest absolute Gasteiger partial charge is 0.593 e. The Bertz CT molecular complexity index is 1410. The second kappa shape index (κ2) is 19.0. The lowest BCUT2D eigenvalue weighted by Gasteiger charge is -2.46. The number of rotatable bonds is 16. The average molecular weight is 725 g/mol. The molecule has 2 heterocycles. The van der Waals surface area contributed by atoms with Crippen LogP contribution in [0.5, 0.6) is 5.75 Å². The number of amides is 1. The van der Waals surface area contributed by atoms with Gasteiger partial charge in [-0.05, 0) is 118 Å². The van der Waals surface area contributed by atoms with Gasteiger partial charge >= 0.3 is 0 Å². The first-order valence-corrected chi connectivity index (χ1v) is 20.9. The van der Waals surface area contributed by atoms with Crippen molar-refractivity contribution in [2.45, 2.75) is 90.7 Å². The van der Waals surface area contributed by atoms with E-state index in [-0.39, 0.29) is 17.1 Å². The number of allylic oxidation sites excluding steroid dienone is 1. The Morgan fingerprint density at radius 1 is 1.06 bits per heavy atom. The number of fused-ring (bicyclic) bond motifs is 1. The molecule has 5 atom stereocenters. The fraction of sp³-hybridized carbons (Fsp3) is 0.634. The van der Waals surface area contributed by atoms with Crippen LogP contribution in [0.2, 0.25) is 5.02 Å². The van der Waals surface area contributed by atoms with E-state index in [2.05, 4.69) is 64.5 Å². The minimum atomic E-state index is -1.44. The van der Waals surface area contributed by atoms with Crippen molar-refractivity contribution in [2.75, 3.05) is 63.9 Å². The Labute approximate surface area is 310 Å². The molecule has 2 aromatic rings. The van der Waals surface area contributed by atoms with Crippen LogP contribution in [0, 0.1) is 17.8 Å². The summed E-state index contributed by atoms with van der Waals surface area (Å²) in [7, 11) is 0. The maximum absolute atomic E-state index is 13.3. The summed E-state index contributed by atoms with van der Waals surface area (Å²) in [5, 5.41) is 0.617. The van der Waals surface area contributed by atoms with E-state index in [4.69, 9.17) is 16.3 Å². The number of carbonyl (C=O) groups is 1.